The largest absolute Gasteiger partial charge is 0.360 e. The zero-order valence-corrected chi connectivity index (χ0v) is 20.9. The second-order valence-corrected chi connectivity index (χ2v) is 10.7. The summed E-state index contributed by atoms with van der Waals surface area (Å²) < 4.78 is 33.8. The van der Waals surface area contributed by atoms with Gasteiger partial charge in [-0.2, -0.15) is 4.31 Å². The molecule has 2 aliphatic heterocycles. The van der Waals surface area contributed by atoms with Gasteiger partial charge in [-0.3, -0.25) is 14.4 Å². The fourth-order valence-electron chi connectivity index (χ4n) is 4.55. The van der Waals surface area contributed by atoms with Gasteiger partial charge < -0.3 is 20.3 Å². The fourth-order valence-corrected chi connectivity index (χ4v) is 6.53. The summed E-state index contributed by atoms with van der Waals surface area (Å²) in [5.41, 5.74) is 2.28. The summed E-state index contributed by atoms with van der Waals surface area (Å²) in [7, 11) is -3.86. The van der Waals surface area contributed by atoms with Crippen LogP contribution in [0.25, 0.3) is 0 Å². The molecule has 0 unspecified atom stereocenters. The number of carbonyl (C=O) groups is 3. The van der Waals surface area contributed by atoms with Gasteiger partial charge in [0.25, 0.3) is 0 Å². The Morgan fingerprint density at radius 3 is 2.38 bits per heavy atom. The molecule has 2 aliphatic rings. The number of aryl methyl sites for hydroxylation is 3. The number of nitrogens with zero attached hydrogens (tertiary/aromatic N) is 2. The number of hydrogen-bond donors (Lipinski definition) is 2. The number of hydrogen-bond acceptors (Lipinski definition) is 6. The lowest BCUT2D eigenvalue weighted by Gasteiger charge is -2.35. The van der Waals surface area contributed by atoms with E-state index in [1.54, 1.807) is 18.7 Å². The Morgan fingerprint density at radius 2 is 1.74 bits per heavy atom. The predicted molar refractivity (Wildman–Crippen MR) is 125 cm³/mol. The topological polar surface area (TPSA) is 125 Å². The standard InChI is InChI=1S/C23H34N4O6S/c1-16-13-17(2)21(18(3)14-16)34(31,32)27-11-6-12-33-20(27)15-25-23(30)22(29)24-8-5-10-26-9-4-7-19(26)28/h13-14,20H,4-12,15H2,1-3H3,(H,24,29)(H,25,30)/t20-/m1/s1. The third kappa shape index (κ3) is 6.13. The highest BCUT2D eigenvalue weighted by molar-refractivity contribution is 7.89. The Bertz CT molecular complexity index is 1020. The van der Waals surface area contributed by atoms with Crippen LogP contribution < -0.4 is 10.6 Å². The van der Waals surface area contributed by atoms with Crippen LogP contribution in [0.4, 0.5) is 0 Å². The third-order valence-electron chi connectivity index (χ3n) is 6.03. The van der Waals surface area contributed by atoms with E-state index in [9.17, 15) is 22.8 Å². The Hall–Kier alpha value is -2.50. The second kappa shape index (κ2) is 11.3. The van der Waals surface area contributed by atoms with Crippen LogP contribution in [0, 0.1) is 20.8 Å². The Balaban J connectivity index is 1.55. The van der Waals surface area contributed by atoms with Gasteiger partial charge in [0.2, 0.25) is 15.9 Å². The zero-order valence-electron chi connectivity index (χ0n) is 20.1. The number of ether oxygens (including phenoxy) is 1. The molecule has 188 valence electrons. The normalized spacial score (nSPS) is 19.3. The van der Waals surface area contributed by atoms with E-state index in [-0.39, 0.29) is 30.4 Å². The average Bonchev–Trinajstić information content (AvgIpc) is 3.18. The highest BCUT2D eigenvalue weighted by Crippen LogP contribution is 2.28. The van der Waals surface area contributed by atoms with E-state index in [4.69, 9.17) is 4.74 Å². The number of rotatable bonds is 8. The van der Waals surface area contributed by atoms with Crippen molar-refractivity contribution in [1.29, 1.82) is 0 Å². The van der Waals surface area contributed by atoms with Gasteiger partial charge in [0.05, 0.1) is 18.0 Å². The molecule has 0 bridgehead atoms. The lowest BCUT2D eigenvalue weighted by molar-refractivity contribution is -0.140. The molecule has 0 aliphatic carbocycles. The van der Waals surface area contributed by atoms with Gasteiger partial charge in [0, 0.05) is 32.6 Å². The lowest BCUT2D eigenvalue weighted by Crippen LogP contribution is -2.53. The van der Waals surface area contributed by atoms with Gasteiger partial charge in [-0.05, 0) is 51.2 Å². The summed E-state index contributed by atoms with van der Waals surface area (Å²) >= 11 is 0. The van der Waals surface area contributed by atoms with Gasteiger partial charge in [0.15, 0.2) is 0 Å². The monoisotopic (exact) mass is 494 g/mol. The first-order chi connectivity index (χ1) is 16.1. The number of carbonyl (C=O) groups excluding carboxylic acids is 3. The van der Waals surface area contributed by atoms with Gasteiger partial charge in [-0.1, -0.05) is 17.7 Å². The summed E-state index contributed by atoms with van der Waals surface area (Å²) in [5, 5.41) is 5.02. The molecule has 2 N–H and O–H groups in total. The molecule has 10 nitrogen and oxygen atoms in total. The van der Waals surface area contributed by atoms with Crippen molar-refractivity contribution in [3.63, 3.8) is 0 Å². The van der Waals surface area contributed by atoms with Crippen LogP contribution in [0.5, 0.6) is 0 Å². The fraction of sp³-hybridized carbons (Fsp3) is 0.609. The average molecular weight is 495 g/mol. The summed E-state index contributed by atoms with van der Waals surface area (Å²) in [4.78, 5) is 38.0. The van der Waals surface area contributed by atoms with E-state index in [0.29, 0.717) is 43.5 Å². The van der Waals surface area contributed by atoms with E-state index < -0.39 is 28.1 Å². The van der Waals surface area contributed by atoms with Gasteiger partial charge in [0.1, 0.15) is 6.23 Å². The second-order valence-electron chi connectivity index (χ2n) is 8.83. The van der Waals surface area contributed by atoms with Crippen LogP contribution in [-0.2, 0) is 29.1 Å². The molecular formula is C23H34N4O6S. The molecule has 34 heavy (non-hydrogen) atoms. The molecular weight excluding hydrogens is 460 g/mol. The number of amides is 3. The SMILES string of the molecule is Cc1cc(C)c(S(=O)(=O)N2CCCO[C@@H]2CNC(=O)C(=O)NCCCN2CCCC2=O)c(C)c1. The van der Waals surface area contributed by atoms with Crippen molar-refractivity contribution < 1.29 is 27.5 Å². The maximum absolute atomic E-state index is 13.5. The van der Waals surface area contributed by atoms with Crippen molar-refractivity contribution in [3.8, 4) is 0 Å². The van der Waals surface area contributed by atoms with Crippen LogP contribution in [0.2, 0.25) is 0 Å². The molecule has 0 radical (unpaired) electrons. The third-order valence-corrected chi connectivity index (χ3v) is 8.23. The molecule has 1 aromatic carbocycles. The number of benzene rings is 1. The number of nitrogens with one attached hydrogen (secondary N) is 2. The first kappa shape index (κ1) is 26.1. The maximum atomic E-state index is 13.5. The molecule has 2 heterocycles. The van der Waals surface area contributed by atoms with Crippen molar-refractivity contribution in [3.05, 3.63) is 28.8 Å². The smallest absolute Gasteiger partial charge is 0.309 e. The van der Waals surface area contributed by atoms with Crippen LogP contribution >= 0.6 is 0 Å². The van der Waals surface area contributed by atoms with Crippen LogP contribution in [-0.4, -0.2) is 80.9 Å². The van der Waals surface area contributed by atoms with Crippen molar-refractivity contribution in [1.82, 2.24) is 19.8 Å². The Labute approximate surface area is 201 Å². The quantitative estimate of drug-likeness (QED) is 0.403. The molecule has 1 aromatic rings. The lowest BCUT2D eigenvalue weighted by atomic mass is 10.1. The minimum absolute atomic E-state index is 0.118. The number of sulfonamides is 1. The summed E-state index contributed by atoms with van der Waals surface area (Å²) in [5.74, 6) is -1.54. The van der Waals surface area contributed by atoms with Gasteiger partial charge in [-0.15, -0.1) is 0 Å². The van der Waals surface area contributed by atoms with Crippen LogP contribution in [0.3, 0.4) is 0 Å². The first-order valence-electron chi connectivity index (χ1n) is 11.7. The summed E-state index contributed by atoms with van der Waals surface area (Å²) in [6.07, 6.45) is 1.60. The molecule has 0 aromatic heterocycles. The summed E-state index contributed by atoms with van der Waals surface area (Å²) in [6, 6.07) is 3.65. The molecule has 2 fully saturated rings. The molecule has 0 saturated carbocycles. The van der Waals surface area contributed by atoms with E-state index in [2.05, 4.69) is 10.6 Å². The predicted octanol–water partition coefficient (Wildman–Crippen LogP) is 0.594. The van der Waals surface area contributed by atoms with Gasteiger partial charge in [-0.25, -0.2) is 8.42 Å². The maximum Gasteiger partial charge on any atom is 0.309 e. The van der Waals surface area contributed by atoms with Crippen molar-refractivity contribution in [2.24, 2.45) is 0 Å². The first-order valence-corrected chi connectivity index (χ1v) is 13.1. The minimum atomic E-state index is -3.86. The molecule has 3 amide bonds. The molecule has 1 atom stereocenters. The molecule has 2 saturated heterocycles. The molecule has 3 rings (SSSR count). The number of likely N-dealkylation sites (tertiary alicyclic amines) is 1. The zero-order chi connectivity index (χ0) is 24.9. The molecule has 0 spiro atoms. The summed E-state index contributed by atoms with van der Waals surface area (Å²) in [6.45, 7) is 7.46. The minimum Gasteiger partial charge on any atom is -0.360 e. The van der Waals surface area contributed by atoms with E-state index in [0.717, 1.165) is 18.5 Å². The van der Waals surface area contributed by atoms with Gasteiger partial charge >= 0.3 is 11.8 Å². The van der Waals surface area contributed by atoms with Crippen molar-refractivity contribution in [2.75, 3.05) is 39.3 Å². The van der Waals surface area contributed by atoms with E-state index in [1.165, 1.54) is 4.31 Å². The van der Waals surface area contributed by atoms with Crippen LogP contribution in [0.15, 0.2) is 17.0 Å². The van der Waals surface area contributed by atoms with Crippen molar-refractivity contribution >= 4 is 27.7 Å². The Morgan fingerprint density at radius 1 is 1.06 bits per heavy atom. The molecule has 11 heteroatoms. The highest BCUT2D eigenvalue weighted by Gasteiger charge is 2.36. The van der Waals surface area contributed by atoms with Crippen molar-refractivity contribution in [2.45, 2.75) is 57.6 Å². The highest BCUT2D eigenvalue weighted by atomic mass is 32.2. The van der Waals surface area contributed by atoms with E-state index >= 15 is 0 Å². The Kier molecular flexibility index (Phi) is 8.67. The van der Waals surface area contributed by atoms with Crippen LogP contribution in [0.1, 0.15) is 42.4 Å². The van der Waals surface area contributed by atoms with E-state index in [1.807, 2.05) is 19.1 Å².